The molecule has 0 aromatic rings. The molecule has 2 atom stereocenters. The van der Waals surface area contributed by atoms with Crippen molar-refractivity contribution in [1.29, 1.82) is 5.26 Å². The van der Waals surface area contributed by atoms with Crippen molar-refractivity contribution in [3.63, 3.8) is 0 Å². The number of nitrogens with zero attached hydrogens (tertiary/aromatic N) is 1. The molecule has 1 rings (SSSR count). The van der Waals surface area contributed by atoms with Crippen LogP contribution in [0.4, 0.5) is 0 Å². The third-order valence-electron chi connectivity index (χ3n) is 2.50. The van der Waals surface area contributed by atoms with E-state index >= 15 is 0 Å². The lowest BCUT2D eigenvalue weighted by Crippen LogP contribution is -2.20. The van der Waals surface area contributed by atoms with Crippen molar-refractivity contribution < 1.29 is 5.11 Å². The van der Waals surface area contributed by atoms with Gasteiger partial charge in [0.25, 0.3) is 0 Å². The van der Waals surface area contributed by atoms with Crippen molar-refractivity contribution in [3.8, 4) is 6.07 Å². The van der Waals surface area contributed by atoms with Gasteiger partial charge in [0.15, 0.2) is 0 Å². The summed E-state index contributed by atoms with van der Waals surface area (Å²) in [7, 11) is 0. The number of thioether (sulfide) groups is 1. The molecule has 1 fully saturated rings. The Labute approximate surface area is 84.3 Å². The summed E-state index contributed by atoms with van der Waals surface area (Å²) in [5.74, 6) is 1.26. The van der Waals surface area contributed by atoms with Gasteiger partial charge in [0, 0.05) is 11.9 Å². The van der Waals surface area contributed by atoms with Crippen molar-refractivity contribution in [3.05, 3.63) is 0 Å². The molecule has 2 nitrogen and oxygen atoms in total. The first kappa shape index (κ1) is 10.9. The number of rotatable bonds is 4. The highest BCUT2D eigenvalue weighted by Crippen LogP contribution is 2.33. The molecular formula is C10H17NOS. The van der Waals surface area contributed by atoms with E-state index in [2.05, 4.69) is 6.07 Å². The highest BCUT2D eigenvalue weighted by atomic mass is 32.2. The Hall–Kier alpha value is -0.200. The molecule has 0 bridgehead atoms. The highest BCUT2D eigenvalue weighted by molar-refractivity contribution is 7.99. The molecule has 0 amide bonds. The van der Waals surface area contributed by atoms with E-state index < -0.39 is 0 Å². The topological polar surface area (TPSA) is 44.0 Å². The summed E-state index contributed by atoms with van der Waals surface area (Å²) in [6.07, 6.45) is 5.62. The molecule has 1 N–H and O–H groups in total. The van der Waals surface area contributed by atoms with Gasteiger partial charge >= 0.3 is 0 Å². The molecule has 0 aromatic heterocycles. The smallest absolute Gasteiger partial charge is 0.0667 e. The third-order valence-corrected chi connectivity index (χ3v) is 4.02. The highest BCUT2D eigenvalue weighted by Gasteiger charge is 2.24. The zero-order valence-electron chi connectivity index (χ0n) is 7.91. The molecule has 3 heteroatoms. The number of hydrogen-bond donors (Lipinski definition) is 1. The first-order valence-electron chi connectivity index (χ1n) is 5.00. The Morgan fingerprint density at radius 2 is 2.15 bits per heavy atom. The first-order valence-corrected chi connectivity index (χ1v) is 6.05. The molecule has 1 saturated carbocycles. The summed E-state index contributed by atoms with van der Waals surface area (Å²) in [5, 5.41) is 18.1. The van der Waals surface area contributed by atoms with Gasteiger partial charge in [-0.05, 0) is 25.0 Å². The Bertz CT molecular complexity index is 178. The molecule has 1 aliphatic carbocycles. The Balaban J connectivity index is 2.24. The fourth-order valence-corrected chi connectivity index (χ4v) is 3.10. The quantitative estimate of drug-likeness (QED) is 0.706. The molecular weight excluding hydrogens is 182 g/mol. The van der Waals surface area contributed by atoms with E-state index in [4.69, 9.17) is 10.4 Å². The van der Waals surface area contributed by atoms with Gasteiger partial charge < -0.3 is 5.11 Å². The van der Waals surface area contributed by atoms with Gasteiger partial charge in [-0.1, -0.05) is 12.8 Å². The van der Waals surface area contributed by atoms with E-state index in [1.54, 1.807) is 0 Å². The van der Waals surface area contributed by atoms with Gasteiger partial charge in [-0.25, -0.2) is 0 Å². The van der Waals surface area contributed by atoms with E-state index in [0.717, 1.165) is 18.6 Å². The number of hydrogen-bond acceptors (Lipinski definition) is 3. The largest absolute Gasteiger partial charge is 0.396 e. The molecule has 0 saturated heterocycles. The number of aliphatic hydroxyl groups excluding tert-OH is 1. The van der Waals surface area contributed by atoms with Gasteiger partial charge in [-0.15, -0.1) is 0 Å². The van der Waals surface area contributed by atoms with Crippen LogP contribution in [0.5, 0.6) is 0 Å². The van der Waals surface area contributed by atoms with E-state index in [9.17, 15) is 0 Å². The fourth-order valence-electron chi connectivity index (χ4n) is 1.74. The zero-order valence-corrected chi connectivity index (χ0v) is 8.72. The normalized spacial score (nSPS) is 28.3. The molecule has 0 spiro atoms. The van der Waals surface area contributed by atoms with Crippen LogP contribution in [-0.4, -0.2) is 22.7 Å². The number of nitriles is 1. The lowest BCUT2D eigenvalue weighted by atomic mass is 9.90. The molecule has 0 aliphatic heterocycles. The predicted molar refractivity (Wildman–Crippen MR) is 55.5 cm³/mol. The molecule has 0 aromatic carbocycles. The molecule has 1 aliphatic rings. The van der Waals surface area contributed by atoms with Crippen LogP contribution in [0.1, 0.15) is 32.1 Å². The maximum Gasteiger partial charge on any atom is 0.0667 e. The van der Waals surface area contributed by atoms with Crippen molar-refractivity contribution in [2.75, 3.05) is 12.4 Å². The minimum atomic E-state index is 0.262. The molecule has 2 unspecified atom stereocenters. The van der Waals surface area contributed by atoms with Crippen LogP contribution in [0.2, 0.25) is 0 Å². The van der Waals surface area contributed by atoms with Crippen molar-refractivity contribution in [2.45, 2.75) is 37.4 Å². The second kappa shape index (κ2) is 6.28. The first-order chi connectivity index (χ1) is 6.38. The van der Waals surface area contributed by atoms with Gasteiger partial charge in [0.2, 0.25) is 0 Å². The van der Waals surface area contributed by atoms with Gasteiger partial charge in [-0.2, -0.15) is 17.0 Å². The Morgan fingerprint density at radius 1 is 1.38 bits per heavy atom. The fraction of sp³-hybridized carbons (Fsp3) is 0.900. The van der Waals surface area contributed by atoms with Gasteiger partial charge in [-0.3, -0.25) is 0 Å². The maximum absolute atomic E-state index is 8.91. The standard InChI is InChI=1S/C10H17NOS/c11-8-9-4-1-2-5-10(9)13-7-3-6-12/h9-10,12H,1-7H2. The Kier molecular flexibility index (Phi) is 5.26. The van der Waals surface area contributed by atoms with Crippen LogP contribution in [-0.2, 0) is 0 Å². The SMILES string of the molecule is N#CC1CCCCC1SCCCO. The summed E-state index contributed by atoms with van der Waals surface area (Å²) in [4.78, 5) is 0. The van der Waals surface area contributed by atoms with Crippen LogP contribution >= 0.6 is 11.8 Å². The number of aliphatic hydroxyl groups is 1. The molecule has 74 valence electrons. The van der Waals surface area contributed by atoms with Crippen molar-refractivity contribution in [1.82, 2.24) is 0 Å². The zero-order chi connectivity index (χ0) is 9.52. The Morgan fingerprint density at radius 3 is 2.85 bits per heavy atom. The molecule has 0 radical (unpaired) electrons. The molecule has 0 heterocycles. The molecule has 13 heavy (non-hydrogen) atoms. The van der Waals surface area contributed by atoms with Crippen LogP contribution in [0, 0.1) is 17.2 Å². The van der Waals surface area contributed by atoms with Gasteiger partial charge in [0.1, 0.15) is 0 Å². The van der Waals surface area contributed by atoms with E-state index in [1.165, 1.54) is 19.3 Å². The van der Waals surface area contributed by atoms with Crippen LogP contribution < -0.4 is 0 Å². The predicted octanol–water partition coefficient (Wildman–Crippen LogP) is 2.18. The van der Waals surface area contributed by atoms with Gasteiger partial charge in [0.05, 0.1) is 12.0 Å². The second-order valence-electron chi connectivity index (χ2n) is 3.51. The summed E-state index contributed by atoms with van der Waals surface area (Å²) in [6.45, 7) is 0.275. The van der Waals surface area contributed by atoms with Crippen molar-refractivity contribution >= 4 is 11.8 Å². The van der Waals surface area contributed by atoms with E-state index in [1.807, 2.05) is 11.8 Å². The minimum Gasteiger partial charge on any atom is -0.396 e. The monoisotopic (exact) mass is 199 g/mol. The minimum absolute atomic E-state index is 0.262. The average molecular weight is 199 g/mol. The second-order valence-corrected chi connectivity index (χ2v) is 4.85. The van der Waals surface area contributed by atoms with Crippen molar-refractivity contribution in [2.24, 2.45) is 5.92 Å². The van der Waals surface area contributed by atoms with E-state index in [0.29, 0.717) is 5.25 Å². The summed E-state index contributed by atoms with van der Waals surface area (Å²) in [6, 6.07) is 2.40. The average Bonchev–Trinajstić information content (AvgIpc) is 2.19. The summed E-state index contributed by atoms with van der Waals surface area (Å²) in [5.41, 5.74) is 0. The lowest BCUT2D eigenvalue weighted by Gasteiger charge is -2.25. The van der Waals surface area contributed by atoms with Crippen LogP contribution in [0.25, 0.3) is 0 Å². The maximum atomic E-state index is 8.91. The van der Waals surface area contributed by atoms with Crippen LogP contribution in [0.15, 0.2) is 0 Å². The van der Waals surface area contributed by atoms with E-state index in [-0.39, 0.29) is 12.5 Å². The lowest BCUT2D eigenvalue weighted by molar-refractivity contribution is 0.296. The summed E-state index contributed by atoms with van der Waals surface area (Å²) >= 11 is 1.87. The summed E-state index contributed by atoms with van der Waals surface area (Å²) < 4.78 is 0. The third kappa shape index (κ3) is 3.58. The van der Waals surface area contributed by atoms with Crippen LogP contribution in [0.3, 0.4) is 0 Å².